The van der Waals surface area contributed by atoms with E-state index in [0.29, 0.717) is 10.9 Å². The monoisotopic (exact) mass is 330 g/mol. The molecule has 0 aliphatic rings. The molecule has 0 N–H and O–H groups in total. The maximum atomic E-state index is 14.1. The van der Waals surface area contributed by atoms with Gasteiger partial charge in [-0.15, -0.1) is 0 Å². The summed E-state index contributed by atoms with van der Waals surface area (Å²) in [5.41, 5.74) is -3.26. The molecule has 0 spiro atoms. The van der Waals surface area contributed by atoms with Gasteiger partial charge in [0.1, 0.15) is 0 Å². The fraction of sp³-hybridized carbons (Fsp3) is 0.167. The third kappa shape index (κ3) is 2.35. The zero-order valence-electron chi connectivity index (χ0n) is 12.7. The van der Waals surface area contributed by atoms with Crippen LogP contribution in [0.15, 0.2) is 60.8 Å². The molecule has 3 nitrogen and oxygen atoms in total. The molecule has 1 aromatic carbocycles. The van der Waals surface area contributed by atoms with Gasteiger partial charge in [0.15, 0.2) is 5.78 Å². The van der Waals surface area contributed by atoms with Gasteiger partial charge in [-0.1, -0.05) is 30.3 Å². The molecule has 0 saturated heterocycles. The summed E-state index contributed by atoms with van der Waals surface area (Å²) in [6, 6.07) is 13.7. The molecule has 24 heavy (non-hydrogen) atoms. The van der Waals surface area contributed by atoms with E-state index in [1.807, 2.05) is 0 Å². The van der Waals surface area contributed by atoms with Gasteiger partial charge < -0.3 is 0 Å². The standard InChI is InChI=1S/C18H13F3N2O/c1-12(24)17(18(19,20)21,15-8-4-5-11-22-15)16-10-9-13-6-2-3-7-14(13)23-16/h2-11H,1H3. The van der Waals surface area contributed by atoms with Gasteiger partial charge in [-0.25, -0.2) is 0 Å². The number of nitrogens with zero attached hydrogens (tertiary/aromatic N) is 2. The van der Waals surface area contributed by atoms with Gasteiger partial charge in [-0.2, -0.15) is 13.2 Å². The number of benzene rings is 1. The first kappa shape index (κ1) is 16.1. The summed E-state index contributed by atoms with van der Waals surface area (Å²) in [6.07, 6.45) is -3.64. The number of pyridine rings is 2. The van der Waals surface area contributed by atoms with Gasteiger partial charge >= 0.3 is 6.18 Å². The van der Waals surface area contributed by atoms with Gasteiger partial charge in [-0.05, 0) is 31.2 Å². The van der Waals surface area contributed by atoms with E-state index < -0.39 is 17.4 Å². The van der Waals surface area contributed by atoms with E-state index in [-0.39, 0.29) is 11.4 Å². The van der Waals surface area contributed by atoms with Gasteiger partial charge in [0.25, 0.3) is 0 Å². The molecule has 0 saturated carbocycles. The van der Waals surface area contributed by atoms with Crippen LogP contribution < -0.4 is 0 Å². The van der Waals surface area contributed by atoms with E-state index >= 15 is 0 Å². The molecule has 122 valence electrons. The molecular weight excluding hydrogens is 317 g/mol. The highest BCUT2D eigenvalue weighted by molar-refractivity contribution is 5.93. The summed E-state index contributed by atoms with van der Waals surface area (Å²) in [6.45, 7) is 0.916. The first-order chi connectivity index (χ1) is 11.4. The Morgan fingerprint density at radius 1 is 0.917 bits per heavy atom. The zero-order chi connectivity index (χ0) is 17.4. The molecule has 1 unspecified atom stereocenters. The van der Waals surface area contributed by atoms with Crippen LogP contribution in [-0.2, 0) is 10.2 Å². The molecule has 0 aliphatic heterocycles. The van der Waals surface area contributed by atoms with Crippen molar-refractivity contribution in [2.45, 2.75) is 18.5 Å². The van der Waals surface area contributed by atoms with Gasteiger partial charge in [0.05, 0.1) is 16.9 Å². The van der Waals surface area contributed by atoms with Crippen LogP contribution in [0.4, 0.5) is 13.2 Å². The number of hydrogen-bond donors (Lipinski definition) is 0. The van der Waals surface area contributed by atoms with E-state index in [1.165, 1.54) is 36.5 Å². The largest absolute Gasteiger partial charge is 0.412 e. The highest BCUT2D eigenvalue weighted by Crippen LogP contribution is 2.46. The number of Topliss-reactive ketones (excluding diaryl/α,β-unsaturated/α-hetero) is 1. The summed E-state index contributed by atoms with van der Waals surface area (Å²) in [4.78, 5) is 20.2. The molecule has 0 aliphatic carbocycles. The van der Waals surface area contributed by atoms with Crippen molar-refractivity contribution in [3.63, 3.8) is 0 Å². The number of ketones is 1. The molecule has 6 heteroatoms. The summed E-state index contributed by atoms with van der Waals surface area (Å²) < 4.78 is 42.3. The predicted octanol–water partition coefficient (Wildman–Crippen LogP) is 4.07. The molecular formula is C18H13F3N2O. The zero-order valence-corrected chi connectivity index (χ0v) is 12.7. The normalized spacial score (nSPS) is 14.3. The fourth-order valence-electron chi connectivity index (χ4n) is 2.84. The second-order valence-electron chi connectivity index (χ2n) is 5.41. The Morgan fingerprint density at radius 3 is 2.25 bits per heavy atom. The van der Waals surface area contributed by atoms with Crippen molar-refractivity contribution in [2.24, 2.45) is 0 Å². The van der Waals surface area contributed by atoms with E-state index in [4.69, 9.17) is 0 Å². The molecule has 0 fully saturated rings. The van der Waals surface area contributed by atoms with Crippen molar-refractivity contribution in [1.82, 2.24) is 9.97 Å². The number of hydrogen-bond acceptors (Lipinski definition) is 3. The lowest BCUT2D eigenvalue weighted by Crippen LogP contribution is -2.50. The van der Waals surface area contributed by atoms with Crippen molar-refractivity contribution in [3.8, 4) is 0 Å². The minimum Gasteiger partial charge on any atom is -0.298 e. The number of carbonyl (C=O) groups is 1. The molecule has 0 radical (unpaired) electrons. The summed E-state index contributed by atoms with van der Waals surface area (Å²) in [5, 5.41) is 0.696. The van der Waals surface area contributed by atoms with Gasteiger partial charge in [-0.3, -0.25) is 14.8 Å². The first-order valence-electron chi connectivity index (χ1n) is 7.23. The molecule has 0 bridgehead atoms. The number of halogens is 3. The first-order valence-corrected chi connectivity index (χ1v) is 7.23. The van der Waals surface area contributed by atoms with Gasteiger partial charge in [0.2, 0.25) is 5.41 Å². The second-order valence-corrected chi connectivity index (χ2v) is 5.41. The average Bonchev–Trinajstić information content (AvgIpc) is 2.55. The van der Waals surface area contributed by atoms with Crippen LogP contribution in [0.25, 0.3) is 10.9 Å². The lowest BCUT2D eigenvalue weighted by atomic mass is 9.76. The van der Waals surface area contributed by atoms with Gasteiger partial charge in [0, 0.05) is 11.6 Å². The quantitative estimate of drug-likeness (QED) is 0.727. The van der Waals surface area contributed by atoms with Crippen LogP contribution in [0.2, 0.25) is 0 Å². The topological polar surface area (TPSA) is 42.9 Å². The highest BCUT2D eigenvalue weighted by atomic mass is 19.4. The highest BCUT2D eigenvalue weighted by Gasteiger charge is 2.63. The molecule has 3 rings (SSSR count). The van der Waals surface area contributed by atoms with E-state index in [1.54, 1.807) is 24.3 Å². The Bertz CT molecular complexity index is 893. The minimum atomic E-state index is -4.87. The number of para-hydroxylation sites is 1. The van der Waals surface area contributed by atoms with E-state index in [2.05, 4.69) is 9.97 Å². The Balaban J connectivity index is 2.37. The third-order valence-corrected chi connectivity index (χ3v) is 3.99. The lowest BCUT2D eigenvalue weighted by Gasteiger charge is -2.32. The Hall–Kier alpha value is -2.76. The van der Waals surface area contributed by atoms with Crippen LogP contribution in [-0.4, -0.2) is 21.9 Å². The minimum absolute atomic E-state index is 0.375. The number of aromatic nitrogens is 2. The maximum Gasteiger partial charge on any atom is 0.412 e. The van der Waals surface area contributed by atoms with Crippen LogP contribution in [0, 0.1) is 0 Å². The van der Waals surface area contributed by atoms with Crippen LogP contribution >= 0.6 is 0 Å². The Labute approximate surface area is 136 Å². The van der Waals surface area contributed by atoms with Crippen molar-refractivity contribution in [2.75, 3.05) is 0 Å². The fourth-order valence-corrected chi connectivity index (χ4v) is 2.84. The Kier molecular flexibility index (Phi) is 3.83. The lowest BCUT2D eigenvalue weighted by molar-refractivity contribution is -0.184. The summed E-state index contributed by atoms with van der Waals surface area (Å²) >= 11 is 0. The molecule has 3 aromatic rings. The number of rotatable bonds is 3. The molecule has 2 heterocycles. The molecule has 1 atom stereocenters. The average molecular weight is 330 g/mol. The second kappa shape index (κ2) is 5.70. The van der Waals surface area contributed by atoms with Crippen LogP contribution in [0.5, 0.6) is 0 Å². The SMILES string of the molecule is CC(=O)C(c1ccccn1)(c1ccc2ccccc2n1)C(F)(F)F. The smallest absolute Gasteiger partial charge is 0.298 e. The molecule has 2 aromatic heterocycles. The number of fused-ring (bicyclic) bond motifs is 1. The van der Waals surface area contributed by atoms with Crippen molar-refractivity contribution in [1.29, 1.82) is 0 Å². The van der Waals surface area contributed by atoms with Crippen molar-refractivity contribution in [3.05, 3.63) is 72.2 Å². The Morgan fingerprint density at radius 2 is 1.62 bits per heavy atom. The van der Waals surface area contributed by atoms with Crippen molar-refractivity contribution >= 4 is 16.7 Å². The summed E-state index contributed by atoms with van der Waals surface area (Å²) in [7, 11) is 0. The number of carbonyl (C=O) groups excluding carboxylic acids is 1. The molecule has 0 amide bonds. The number of alkyl halides is 3. The third-order valence-electron chi connectivity index (χ3n) is 3.99. The van der Waals surface area contributed by atoms with E-state index in [9.17, 15) is 18.0 Å². The maximum absolute atomic E-state index is 14.1. The summed E-state index contributed by atoms with van der Waals surface area (Å²) in [5.74, 6) is -1.07. The van der Waals surface area contributed by atoms with Crippen LogP contribution in [0.1, 0.15) is 18.3 Å². The van der Waals surface area contributed by atoms with Crippen molar-refractivity contribution < 1.29 is 18.0 Å². The van der Waals surface area contributed by atoms with Crippen LogP contribution in [0.3, 0.4) is 0 Å². The predicted molar refractivity (Wildman–Crippen MR) is 83.5 cm³/mol. The van der Waals surface area contributed by atoms with E-state index in [0.717, 1.165) is 6.92 Å².